The normalized spacial score (nSPS) is 17.6. The molecule has 1 aromatic carbocycles. The van der Waals surface area contributed by atoms with Crippen molar-refractivity contribution in [3.63, 3.8) is 0 Å². The predicted octanol–water partition coefficient (Wildman–Crippen LogP) is 2.58. The lowest BCUT2D eigenvalue weighted by atomic mass is 10.0. The SMILES string of the molecule is CN[C@@H]1CCCN(C(=O)c2cncc(-c3ccc(OC)cc3)c2)C1. The monoisotopic (exact) mass is 325 g/mol. The van der Waals surface area contributed by atoms with Crippen molar-refractivity contribution in [3.05, 3.63) is 48.3 Å². The quantitative estimate of drug-likeness (QED) is 0.939. The van der Waals surface area contributed by atoms with Gasteiger partial charge in [0.05, 0.1) is 12.7 Å². The van der Waals surface area contributed by atoms with Gasteiger partial charge in [-0.1, -0.05) is 12.1 Å². The van der Waals surface area contributed by atoms with E-state index in [1.807, 2.05) is 42.3 Å². The molecule has 0 bridgehead atoms. The zero-order chi connectivity index (χ0) is 16.9. The maximum Gasteiger partial charge on any atom is 0.255 e. The minimum atomic E-state index is 0.0535. The summed E-state index contributed by atoms with van der Waals surface area (Å²) in [5.41, 5.74) is 2.59. The lowest BCUT2D eigenvalue weighted by molar-refractivity contribution is 0.0698. The maximum atomic E-state index is 12.8. The fourth-order valence-electron chi connectivity index (χ4n) is 3.08. The van der Waals surface area contributed by atoms with Crippen molar-refractivity contribution in [2.45, 2.75) is 18.9 Å². The highest BCUT2D eigenvalue weighted by Gasteiger charge is 2.23. The minimum absolute atomic E-state index is 0.0535. The number of likely N-dealkylation sites (N-methyl/N-ethyl adjacent to an activating group) is 1. The van der Waals surface area contributed by atoms with Gasteiger partial charge < -0.3 is 15.0 Å². The van der Waals surface area contributed by atoms with Gasteiger partial charge in [0.15, 0.2) is 0 Å². The first-order valence-corrected chi connectivity index (χ1v) is 8.27. The van der Waals surface area contributed by atoms with Gasteiger partial charge in [-0.3, -0.25) is 9.78 Å². The molecule has 0 saturated carbocycles. The summed E-state index contributed by atoms with van der Waals surface area (Å²) in [6.07, 6.45) is 5.58. The molecule has 2 aromatic rings. The molecular weight excluding hydrogens is 302 g/mol. The number of pyridine rings is 1. The maximum absolute atomic E-state index is 12.8. The Labute approximate surface area is 142 Å². The van der Waals surface area contributed by atoms with Crippen LogP contribution >= 0.6 is 0 Å². The number of ether oxygens (including phenoxy) is 1. The first kappa shape index (κ1) is 16.5. The van der Waals surface area contributed by atoms with Crippen LogP contribution in [0.15, 0.2) is 42.7 Å². The Morgan fingerprint density at radius 1 is 1.25 bits per heavy atom. The number of methoxy groups -OCH3 is 1. The van der Waals surface area contributed by atoms with Crippen LogP contribution in [0.2, 0.25) is 0 Å². The number of aromatic nitrogens is 1. The standard InChI is InChI=1S/C19H23N3O2/c1-20-17-4-3-9-22(13-17)19(23)16-10-15(11-21-12-16)14-5-7-18(24-2)8-6-14/h5-8,10-12,17,20H,3-4,9,13H2,1-2H3/t17-/m1/s1. The van der Waals surface area contributed by atoms with E-state index in [1.165, 1.54) is 0 Å². The summed E-state index contributed by atoms with van der Waals surface area (Å²) in [7, 11) is 3.59. The van der Waals surface area contributed by atoms with E-state index in [0.29, 0.717) is 11.6 Å². The van der Waals surface area contributed by atoms with Gasteiger partial charge in [0.1, 0.15) is 5.75 Å². The number of carbonyl (C=O) groups excluding carboxylic acids is 1. The van der Waals surface area contributed by atoms with Crippen molar-refractivity contribution in [2.75, 3.05) is 27.2 Å². The molecule has 1 saturated heterocycles. The Morgan fingerprint density at radius 2 is 2.04 bits per heavy atom. The van der Waals surface area contributed by atoms with Gasteiger partial charge in [-0.15, -0.1) is 0 Å². The van der Waals surface area contributed by atoms with Gasteiger partial charge in [-0.05, 0) is 43.7 Å². The van der Waals surface area contributed by atoms with Crippen LogP contribution in [0, 0.1) is 0 Å². The number of carbonyl (C=O) groups is 1. The lowest BCUT2D eigenvalue weighted by Crippen LogP contribution is -2.47. The molecule has 0 radical (unpaired) electrons. The van der Waals surface area contributed by atoms with Gasteiger partial charge in [-0.2, -0.15) is 0 Å². The molecule has 0 spiro atoms. The lowest BCUT2D eigenvalue weighted by Gasteiger charge is -2.32. The largest absolute Gasteiger partial charge is 0.497 e. The second-order valence-corrected chi connectivity index (χ2v) is 6.07. The summed E-state index contributed by atoms with van der Waals surface area (Å²) < 4.78 is 5.18. The second-order valence-electron chi connectivity index (χ2n) is 6.07. The van der Waals surface area contributed by atoms with Crippen LogP contribution in [-0.2, 0) is 0 Å². The molecule has 1 aliphatic heterocycles. The Morgan fingerprint density at radius 3 is 2.75 bits per heavy atom. The van der Waals surface area contributed by atoms with E-state index in [4.69, 9.17) is 4.74 Å². The average molecular weight is 325 g/mol. The van der Waals surface area contributed by atoms with E-state index in [0.717, 1.165) is 42.8 Å². The average Bonchev–Trinajstić information content (AvgIpc) is 2.67. The van der Waals surface area contributed by atoms with Gasteiger partial charge in [0.25, 0.3) is 5.91 Å². The van der Waals surface area contributed by atoms with Crippen LogP contribution < -0.4 is 10.1 Å². The number of benzene rings is 1. The van der Waals surface area contributed by atoms with E-state index in [2.05, 4.69) is 10.3 Å². The number of nitrogens with one attached hydrogen (secondary N) is 1. The molecule has 0 aliphatic carbocycles. The van der Waals surface area contributed by atoms with Crippen molar-refractivity contribution in [1.82, 2.24) is 15.2 Å². The molecule has 1 atom stereocenters. The van der Waals surface area contributed by atoms with Crippen molar-refractivity contribution >= 4 is 5.91 Å². The summed E-state index contributed by atoms with van der Waals surface area (Å²) in [6.45, 7) is 1.56. The molecule has 1 aliphatic rings. The fraction of sp³-hybridized carbons (Fsp3) is 0.368. The number of rotatable bonds is 4. The van der Waals surface area contributed by atoms with Gasteiger partial charge in [-0.25, -0.2) is 0 Å². The molecule has 1 amide bonds. The topological polar surface area (TPSA) is 54.5 Å². The molecule has 1 fully saturated rings. The second kappa shape index (κ2) is 7.45. The molecule has 1 N–H and O–H groups in total. The zero-order valence-corrected chi connectivity index (χ0v) is 14.2. The molecule has 3 rings (SSSR count). The summed E-state index contributed by atoms with van der Waals surface area (Å²) in [4.78, 5) is 19.0. The summed E-state index contributed by atoms with van der Waals surface area (Å²) in [5.74, 6) is 0.864. The van der Waals surface area contributed by atoms with Crippen molar-refractivity contribution in [1.29, 1.82) is 0 Å². The van der Waals surface area contributed by atoms with Crippen LogP contribution in [0.4, 0.5) is 0 Å². The molecular formula is C19H23N3O2. The third-order valence-corrected chi connectivity index (χ3v) is 4.53. The summed E-state index contributed by atoms with van der Waals surface area (Å²) in [5, 5.41) is 3.27. The van der Waals surface area contributed by atoms with Gasteiger partial charge in [0, 0.05) is 37.1 Å². The number of nitrogens with zero attached hydrogens (tertiary/aromatic N) is 2. The van der Waals surface area contributed by atoms with E-state index in [9.17, 15) is 4.79 Å². The highest BCUT2D eigenvalue weighted by atomic mass is 16.5. The van der Waals surface area contributed by atoms with Crippen LogP contribution in [0.1, 0.15) is 23.2 Å². The highest BCUT2D eigenvalue weighted by Crippen LogP contribution is 2.23. The molecule has 5 nitrogen and oxygen atoms in total. The van der Waals surface area contributed by atoms with Gasteiger partial charge in [0.2, 0.25) is 0 Å². The van der Waals surface area contributed by atoms with E-state index < -0.39 is 0 Å². The Balaban J connectivity index is 1.80. The van der Waals surface area contributed by atoms with Crippen LogP contribution in [-0.4, -0.2) is 49.1 Å². The van der Waals surface area contributed by atoms with Crippen LogP contribution in [0.25, 0.3) is 11.1 Å². The zero-order valence-electron chi connectivity index (χ0n) is 14.2. The Bertz CT molecular complexity index is 700. The Kier molecular flexibility index (Phi) is 5.11. The first-order valence-electron chi connectivity index (χ1n) is 8.27. The molecule has 126 valence electrons. The number of hydrogen-bond acceptors (Lipinski definition) is 4. The molecule has 5 heteroatoms. The minimum Gasteiger partial charge on any atom is -0.497 e. The molecule has 1 aromatic heterocycles. The molecule has 0 unspecified atom stereocenters. The first-order chi connectivity index (χ1) is 11.7. The van der Waals surface area contributed by atoms with Crippen LogP contribution in [0.5, 0.6) is 5.75 Å². The summed E-state index contributed by atoms with van der Waals surface area (Å²) in [6, 6.07) is 10.1. The molecule has 2 heterocycles. The third-order valence-electron chi connectivity index (χ3n) is 4.53. The van der Waals surface area contributed by atoms with Crippen molar-refractivity contribution in [2.24, 2.45) is 0 Å². The highest BCUT2D eigenvalue weighted by molar-refractivity contribution is 5.95. The predicted molar refractivity (Wildman–Crippen MR) is 94.2 cm³/mol. The van der Waals surface area contributed by atoms with Gasteiger partial charge >= 0.3 is 0 Å². The number of likely N-dealkylation sites (tertiary alicyclic amines) is 1. The third kappa shape index (κ3) is 3.57. The van der Waals surface area contributed by atoms with E-state index in [1.54, 1.807) is 19.5 Å². The Hall–Kier alpha value is -2.40. The summed E-state index contributed by atoms with van der Waals surface area (Å²) >= 11 is 0. The van der Waals surface area contributed by atoms with E-state index in [-0.39, 0.29) is 5.91 Å². The van der Waals surface area contributed by atoms with Crippen molar-refractivity contribution in [3.8, 4) is 16.9 Å². The number of amides is 1. The number of piperidine rings is 1. The smallest absolute Gasteiger partial charge is 0.255 e. The van der Waals surface area contributed by atoms with Crippen LogP contribution in [0.3, 0.4) is 0 Å². The number of hydrogen-bond donors (Lipinski definition) is 1. The molecule has 24 heavy (non-hydrogen) atoms. The van der Waals surface area contributed by atoms with Crippen molar-refractivity contribution < 1.29 is 9.53 Å². The fourth-order valence-corrected chi connectivity index (χ4v) is 3.08. The van der Waals surface area contributed by atoms with E-state index >= 15 is 0 Å².